The van der Waals surface area contributed by atoms with E-state index in [-0.39, 0.29) is 17.9 Å². The molecule has 0 bridgehead atoms. The number of anilines is 1. The molecule has 0 spiro atoms. The Kier molecular flexibility index (Phi) is 5.56. The molecule has 1 aromatic rings. The van der Waals surface area contributed by atoms with Gasteiger partial charge in [-0.3, -0.25) is 9.78 Å². The van der Waals surface area contributed by atoms with Gasteiger partial charge in [-0.25, -0.2) is 0 Å². The quantitative estimate of drug-likeness (QED) is 0.867. The number of rotatable bonds is 5. The third kappa shape index (κ3) is 3.94. The molecule has 5 heteroatoms. The van der Waals surface area contributed by atoms with Gasteiger partial charge in [0.1, 0.15) is 0 Å². The fourth-order valence-corrected chi connectivity index (χ4v) is 2.88. The first-order valence-corrected chi connectivity index (χ1v) is 7.81. The average Bonchev–Trinajstić information content (AvgIpc) is 2.54. The van der Waals surface area contributed by atoms with Crippen LogP contribution in [0.4, 0.5) is 5.69 Å². The molecule has 0 radical (unpaired) electrons. The number of hydrogen-bond donors (Lipinski definition) is 2. The van der Waals surface area contributed by atoms with Gasteiger partial charge in [0.05, 0.1) is 23.5 Å². The van der Waals surface area contributed by atoms with Gasteiger partial charge >= 0.3 is 0 Å². The summed E-state index contributed by atoms with van der Waals surface area (Å²) >= 11 is 0. The molecule has 1 amide bonds. The molecular formula is C16H26N4O. The topological polar surface area (TPSA) is 57.3 Å². The van der Waals surface area contributed by atoms with E-state index in [9.17, 15) is 4.79 Å². The highest BCUT2D eigenvalue weighted by Gasteiger charge is 2.25. The standard InChI is InChI=1S/C16H26N4O/c1-4-18-12(2)15-8-7-14(10-19-15)20-9-5-6-13(11-20)16(21)17-3/h7-8,10,12-13,18H,4-6,9,11H2,1-3H3,(H,17,21). The molecule has 1 aliphatic rings. The fourth-order valence-electron chi connectivity index (χ4n) is 2.88. The van der Waals surface area contributed by atoms with Gasteiger partial charge in [-0.05, 0) is 38.4 Å². The van der Waals surface area contributed by atoms with Crippen LogP contribution in [-0.2, 0) is 4.79 Å². The molecule has 2 rings (SSSR count). The highest BCUT2D eigenvalue weighted by Crippen LogP contribution is 2.23. The summed E-state index contributed by atoms with van der Waals surface area (Å²) in [4.78, 5) is 18.6. The Labute approximate surface area is 127 Å². The van der Waals surface area contributed by atoms with Crippen molar-refractivity contribution >= 4 is 11.6 Å². The van der Waals surface area contributed by atoms with Gasteiger partial charge in [-0.15, -0.1) is 0 Å². The van der Waals surface area contributed by atoms with E-state index in [2.05, 4.69) is 46.5 Å². The lowest BCUT2D eigenvalue weighted by Gasteiger charge is -2.33. The predicted octanol–water partition coefficient (Wildman–Crippen LogP) is 1.71. The van der Waals surface area contributed by atoms with Crippen molar-refractivity contribution in [1.29, 1.82) is 0 Å². The van der Waals surface area contributed by atoms with Gasteiger partial charge in [0.2, 0.25) is 5.91 Å². The molecule has 0 saturated carbocycles. The van der Waals surface area contributed by atoms with Crippen LogP contribution in [0.5, 0.6) is 0 Å². The Hall–Kier alpha value is -1.62. The second kappa shape index (κ2) is 7.41. The average molecular weight is 290 g/mol. The van der Waals surface area contributed by atoms with E-state index in [1.165, 1.54) is 0 Å². The van der Waals surface area contributed by atoms with Crippen LogP contribution in [0.1, 0.15) is 38.4 Å². The Morgan fingerprint density at radius 2 is 2.33 bits per heavy atom. The third-order valence-corrected chi connectivity index (χ3v) is 4.13. The Balaban J connectivity index is 2.02. The van der Waals surface area contributed by atoms with E-state index in [0.717, 1.165) is 43.9 Å². The molecule has 0 aliphatic carbocycles. The lowest BCUT2D eigenvalue weighted by molar-refractivity contribution is -0.124. The predicted molar refractivity (Wildman–Crippen MR) is 85.3 cm³/mol. The smallest absolute Gasteiger partial charge is 0.224 e. The van der Waals surface area contributed by atoms with E-state index in [0.29, 0.717) is 0 Å². The number of carbonyl (C=O) groups is 1. The first-order chi connectivity index (χ1) is 10.2. The Bertz CT molecular complexity index is 460. The Morgan fingerprint density at radius 3 is 2.95 bits per heavy atom. The van der Waals surface area contributed by atoms with E-state index in [4.69, 9.17) is 0 Å². The fraction of sp³-hybridized carbons (Fsp3) is 0.625. The van der Waals surface area contributed by atoms with Gasteiger partial charge < -0.3 is 15.5 Å². The molecule has 1 saturated heterocycles. The van der Waals surface area contributed by atoms with E-state index in [1.807, 2.05) is 6.20 Å². The summed E-state index contributed by atoms with van der Waals surface area (Å²) in [6.07, 6.45) is 3.95. The molecule has 1 aliphatic heterocycles. The number of nitrogens with zero attached hydrogens (tertiary/aromatic N) is 2. The zero-order valence-electron chi connectivity index (χ0n) is 13.2. The van der Waals surface area contributed by atoms with Gasteiger partial charge in [0, 0.05) is 26.2 Å². The van der Waals surface area contributed by atoms with Crippen molar-refractivity contribution < 1.29 is 4.79 Å². The second-order valence-electron chi connectivity index (χ2n) is 5.62. The minimum Gasteiger partial charge on any atom is -0.369 e. The molecule has 1 fully saturated rings. The zero-order valence-corrected chi connectivity index (χ0v) is 13.2. The third-order valence-electron chi connectivity index (χ3n) is 4.13. The molecule has 2 heterocycles. The van der Waals surface area contributed by atoms with Crippen LogP contribution < -0.4 is 15.5 Å². The minimum absolute atomic E-state index is 0.0871. The summed E-state index contributed by atoms with van der Waals surface area (Å²) in [5.74, 6) is 0.231. The van der Waals surface area contributed by atoms with Crippen LogP contribution in [0, 0.1) is 5.92 Å². The number of pyridine rings is 1. The van der Waals surface area contributed by atoms with Crippen LogP contribution in [0.3, 0.4) is 0 Å². The maximum absolute atomic E-state index is 11.8. The van der Waals surface area contributed by atoms with Crippen molar-refractivity contribution in [1.82, 2.24) is 15.6 Å². The summed E-state index contributed by atoms with van der Waals surface area (Å²) in [5, 5.41) is 6.12. The van der Waals surface area contributed by atoms with Crippen LogP contribution >= 0.6 is 0 Å². The van der Waals surface area contributed by atoms with Crippen LogP contribution in [0.15, 0.2) is 18.3 Å². The van der Waals surface area contributed by atoms with Crippen molar-refractivity contribution in [2.45, 2.75) is 32.7 Å². The van der Waals surface area contributed by atoms with E-state index < -0.39 is 0 Å². The normalized spacial score (nSPS) is 20.1. The number of piperidine rings is 1. The highest BCUT2D eigenvalue weighted by atomic mass is 16.1. The van der Waals surface area contributed by atoms with Crippen molar-refractivity contribution in [3.05, 3.63) is 24.0 Å². The summed E-state index contributed by atoms with van der Waals surface area (Å²) < 4.78 is 0. The lowest BCUT2D eigenvalue weighted by atomic mass is 9.97. The van der Waals surface area contributed by atoms with Crippen molar-refractivity contribution in [3.8, 4) is 0 Å². The second-order valence-corrected chi connectivity index (χ2v) is 5.62. The first kappa shape index (κ1) is 15.8. The maximum Gasteiger partial charge on any atom is 0.224 e. The molecule has 2 N–H and O–H groups in total. The van der Waals surface area contributed by atoms with Crippen LogP contribution in [-0.4, -0.2) is 37.6 Å². The van der Waals surface area contributed by atoms with Crippen LogP contribution in [0.2, 0.25) is 0 Å². The molecular weight excluding hydrogens is 264 g/mol. The van der Waals surface area contributed by atoms with E-state index in [1.54, 1.807) is 7.05 Å². The zero-order chi connectivity index (χ0) is 15.2. The molecule has 2 unspecified atom stereocenters. The largest absolute Gasteiger partial charge is 0.369 e. The van der Waals surface area contributed by atoms with Crippen molar-refractivity contribution in [2.24, 2.45) is 5.92 Å². The molecule has 0 aromatic carbocycles. The van der Waals surface area contributed by atoms with Gasteiger partial charge in [-0.1, -0.05) is 6.92 Å². The summed E-state index contributed by atoms with van der Waals surface area (Å²) in [5.41, 5.74) is 2.16. The van der Waals surface area contributed by atoms with Crippen LogP contribution in [0.25, 0.3) is 0 Å². The molecule has 116 valence electrons. The summed E-state index contributed by atoms with van der Waals surface area (Å²) in [6.45, 7) is 6.93. The van der Waals surface area contributed by atoms with Gasteiger partial charge in [0.25, 0.3) is 0 Å². The lowest BCUT2D eigenvalue weighted by Crippen LogP contribution is -2.42. The molecule has 1 aromatic heterocycles. The van der Waals surface area contributed by atoms with Crippen molar-refractivity contribution in [3.63, 3.8) is 0 Å². The minimum atomic E-state index is 0.0871. The number of carbonyl (C=O) groups excluding carboxylic acids is 1. The highest BCUT2D eigenvalue weighted by molar-refractivity contribution is 5.79. The number of amides is 1. The molecule has 21 heavy (non-hydrogen) atoms. The SMILES string of the molecule is CCNC(C)c1ccc(N2CCCC(C(=O)NC)C2)cn1. The summed E-state index contributed by atoms with van der Waals surface area (Å²) in [7, 11) is 1.71. The first-order valence-electron chi connectivity index (χ1n) is 7.81. The summed E-state index contributed by atoms with van der Waals surface area (Å²) in [6, 6.07) is 4.46. The number of aromatic nitrogens is 1. The monoisotopic (exact) mass is 290 g/mol. The maximum atomic E-state index is 11.8. The Morgan fingerprint density at radius 1 is 1.52 bits per heavy atom. The number of hydrogen-bond acceptors (Lipinski definition) is 4. The van der Waals surface area contributed by atoms with E-state index >= 15 is 0 Å². The molecule has 2 atom stereocenters. The number of nitrogens with one attached hydrogen (secondary N) is 2. The van der Waals surface area contributed by atoms with Gasteiger partial charge in [0.15, 0.2) is 0 Å². The van der Waals surface area contributed by atoms with Crippen molar-refractivity contribution in [2.75, 3.05) is 31.6 Å². The molecule has 5 nitrogen and oxygen atoms in total. The van der Waals surface area contributed by atoms with Gasteiger partial charge in [-0.2, -0.15) is 0 Å².